The molecular weight excluding hydrogens is 304 g/mol. The van der Waals surface area contributed by atoms with Gasteiger partial charge in [-0.3, -0.25) is 4.98 Å². The van der Waals surface area contributed by atoms with Gasteiger partial charge in [-0.25, -0.2) is 32.1 Å². The molecule has 0 aliphatic carbocycles. The van der Waals surface area contributed by atoms with Crippen molar-refractivity contribution >= 4 is 20.0 Å². The molecule has 0 fully saturated rings. The molecule has 0 radical (unpaired) electrons. The van der Waals surface area contributed by atoms with E-state index in [-0.39, 0.29) is 9.92 Å². The summed E-state index contributed by atoms with van der Waals surface area (Å²) in [4.78, 5) is 7.26. The van der Waals surface area contributed by atoms with Crippen LogP contribution in [0.2, 0.25) is 0 Å². The lowest BCUT2D eigenvalue weighted by molar-refractivity contribution is 0.593. The third-order valence-corrected chi connectivity index (χ3v) is 3.66. The molecule has 10 heteroatoms. The molecule has 8 nitrogen and oxygen atoms in total. The average molecular weight is 316 g/mol. The van der Waals surface area contributed by atoms with Crippen LogP contribution < -0.4 is 10.3 Å². The molecule has 0 atom stereocenters. The highest BCUT2D eigenvalue weighted by atomic mass is 32.2. The van der Waals surface area contributed by atoms with Gasteiger partial charge in [-0.15, -0.1) is 0 Å². The van der Waals surface area contributed by atoms with Crippen molar-refractivity contribution in [3.05, 3.63) is 48.9 Å². The first-order chi connectivity index (χ1) is 9.21. The van der Waals surface area contributed by atoms with Crippen LogP contribution in [0, 0.1) is 0 Å². The number of sulfonamides is 2. The minimum atomic E-state index is -3.61. The van der Waals surface area contributed by atoms with E-state index in [2.05, 4.69) is 9.97 Å². The molecule has 2 aromatic rings. The van der Waals surface area contributed by atoms with Gasteiger partial charge in [-0.05, 0) is 24.3 Å². The van der Waals surface area contributed by atoms with Crippen molar-refractivity contribution in [3.8, 4) is 0 Å². The second-order valence-corrected chi connectivity index (χ2v) is 6.51. The van der Waals surface area contributed by atoms with Gasteiger partial charge in [0.1, 0.15) is 0 Å². The van der Waals surface area contributed by atoms with Crippen LogP contribution in [-0.2, 0) is 20.0 Å². The van der Waals surface area contributed by atoms with Crippen LogP contribution in [0.3, 0.4) is 0 Å². The van der Waals surface area contributed by atoms with Crippen molar-refractivity contribution in [3.63, 3.8) is 0 Å². The third-order valence-electron chi connectivity index (χ3n) is 1.91. The number of rotatable bonds is 2. The van der Waals surface area contributed by atoms with Crippen LogP contribution in [0.1, 0.15) is 0 Å². The van der Waals surface area contributed by atoms with E-state index in [4.69, 9.17) is 10.3 Å². The summed E-state index contributed by atoms with van der Waals surface area (Å²) in [6, 6.07) is 7.21. The second kappa shape index (κ2) is 6.52. The van der Waals surface area contributed by atoms with Crippen LogP contribution in [0.25, 0.3) is 0 Å². The standard InChI is InChI=1S/2C5H6N2O2S/c6-10(8,9)5-1-3-7-4-2-5;6-10(8,9)5-3-1-2-4-7-5/h2*1-4H,(H2,6,8,9). The number of hydrogen-bond donors (Lipinski definition) is 2. The van der Waals surface area contributed by atoms with Gasteiger partial charge in [-0.2, -0.15) is 0 Å². The minimum absolute atomic E-state index is 0.0856. The predicted molar refractivity (Wildman–Crippen MR) is 71.2 cm³/mol. The molecule has 0 aromatic carbocycles. The molecule has 4 N–H and O–H groups in total. The summed E-state index contributed by atoms with van der Waals surface area (Å²) in [6.07, 6.45) is 4.12. The van der Waals surface area contributed by atoms with Crippen molar-refractivity contribution in [1.29, 1.82) is 0 Å². The molecule has 0 spiro atoms. The Labute approximate surface area is 116 Å². The second-order valence-electron chi connectivity index (χ2n) is 3.44. The lowest BCUT2D eigenvalue weighted by atomic mass is 10.5. The van der Waals surface area contributed by atoms with Crippen molar-refractivity contribution in [1.82, 2.24) is 9.97 Å². The number of nitrogens with zero attached hydrogens (tertiary/aromatic N) is 2. The van der Waals surface area contributed by atoms with Crippen molar-refractivity contribution < 1.29 is 16.8 Å². The predicted octanol–water partition coefficient (Wildman–Crippen LogP) is -0.542. The number of aromatic nitrogens is 2. The molecule has 0 bridgehead atoms. The van der Waals surface area contributed by atoms with Gasteiger partial charge >= 0.3 is 0 Å². The van der Waals surface area contributed by atoms with Crippen LogP contribution in [0.4, 0.5) is 0 Å². The first-order valence-corrected chi connectivity index (χ1v) is 8.17. The molecule has 2 rings (SSSR count). The quantitative estimate of drug-likeness (QED) is 0.760. The first-order valence-electron chi connectivity index (χ1n) is 5.08. The normalized spacial score (nSPS) is 11.3. The Morgan fingerprint density at radius 2 is 1.40 bits per heavy atom. The Morgan fingerprint density at radius 1 is 0.800 bits per heavy atom. The van der Waals surface area contributed by atoms with E-state index in [9.17, 15) is 16.8 Å². The molecule has 108 valence electrons. The molecule has 0 unspecified atom stereocenters. The van der Waals surface area contributed by atoms with E-state index >= 15 is 0 Å². The zero-order valence-electron chi connectivity index (χ0n) is 10.1. The van der Waals surface area contributed by atoms with Gasteiger partial charge in [0.2, 0.25) is 10.0 Å². The molecule has 20 heavy (non-hydrogen) atoms. The Bertz CT molecular complexity index is 679. The highest BCUT2D eigenvalue weighted by Crippen LogP contribution is 2.01. The summed E-state index contributed by atoms with van der Waals surface area (Å²) in [5, 5.41) is 9.47. The first kappa shape index (κ1) is 16.2. The summed E-state index contributed by atoms with van der Waals surface area (Å²) in [6.45, 7) is 0. The van der Waals surface area contributed by atoms with Gasteiger partial charge in [-0.1, -0.05) is 6.07 Å². The Hall–Kier alpha value is -1.88. The molecule has 2 heterocycles. The lowest BCUT2D eigenvalue weighted by Gasteiger charge is -1.93. The number of primary sulfonamides is 2. The van der Waals surface area contributed by atoms with Crippen LogP contribution >= 0.6 is 0 Å². The Kier molecular flexibility index (Phi) is 5.27. The minimum Gasteiger partial charge on any atom is -0.265 e. The van der Waals surface area contributed by atoms with Crippen LogP contribution in [0.15, 0.2) is 58.8 Å². The average Bonchev–Trinajstić information content (AvgIpc) is 2.40. The smallest absolute Gasteiger partial charge is 0.255 e. The van der Waals surface area contributed by atoms with Gasteiger partial charge in [0.05, 0.1) is 4.90 Å². The molecule has 0 aliphatic heterocycles. The summed E-state index contributed by atoms with van der Waals surface area (Å²) in [5.41, 5.74) is 0. The van der Waals surface area contributed by atoms with Crippen molar-refractivity contribution in [2.75, 3.05) is 0 Å². The number of nitrogens with two attached hydrogens (primary N) is 2. The van der Waals surface area contributed by atoms with E-state index < -0.39 is 20.0 Å². The van der Waals surface area contributed by atoms with Gasteiger partial charge in [0.15, 0.2) is 5.03 Å². The van der Waals surface area contributed by atoms with E-state index in [1.54, 1.807) is 12.1 Å². The molecule has 2 aromatic heterocycles. The summed E-state index contributed by atoms with van der Waals surface area (Å²) in [7, 11) is -7.16. The van der Waals surface area contributed by atoms with E-state index in [0.717, 1.165) is 0 Å². The van der Waals surface area contributed by atoms with Crippen LogP contribution in [0.5, 0.6) is 0 Å². The Morgan fingerprint density at radius 3 is 1.70 bits per heavy atom. The zero-order chi connectivity index (χ0) is 15.2. The fourth-order valence-electron chi connectivity index (χ4n) is 1.04. The monoisotopic (exact) mass is 316 g/mol. The maximum absolute atomic E-state index is 10.6. The molecule has 0 saturated heterocycles. The topological polar surface area (TPSA) is 146 Å². The largest absolute Gasteiger partial charge is 0.265 e. The summed E-state index contributed by atoms with van der Waals surface area (Å²) < 4.78 is 42.3. The lowest BCUT2D eigenvalue weighted by Crippen LogP contribution is -2.13. The molecule has 0 amide bonds. The SMILES string of the molecule is NS(=O)(=O)c1ccccn1.NS(=O)(=O)c1ccncc1. The molecular formula is C10H12N4O4S2. The van der Waals surface area contributed by atoms with E-state index in [1.165, 1.54) is 36.8 Å². The highest BCUT2D eigenvalue weighted by Gasteiger charge is 2.06. The van der Waals surface area contributed by atoms with Gasteiger partial charge in [0.25, 0.3) is 10.0 Å². The Balaban J connectivity index is 0.000000200. The van der Waals surface area contributed by atoms with E-state index in [1.807, 2.05) is 0 Å². The fraction of sp³-hybridized carbons (Fsp3) is 0. The van der Waals surface area contributed by atoms with Gasteiger partial charge < -0.3 is 0 Å². The van der Waals surface area contributed by atoms with Crippen LogP contribution in [-0.4, -0.2) is 26.8 Å². The number of hydrogen-bond acceptors (Lipinski definition) is 6. The maximum atomic E-state index is 10.6. The number of pyridine rings is 2. The third kappa shape index (κ3) is 5.40. The molecule has 0 aliphatic rings. The van der Waals surface area contributed by atoms with E-state index in [0.29, 0.717) is 0 Å². The fourth-order valence-corrected chi connectivity index (χ4v) is 2.02. The van der Waals surface area contributed by atoms with Gasteiger partial charge in [0, 0.05) is 18.6 Å². The molecule has 0 saturated carbocycles. The summed E-state index contributed by atoms with van der Waals surface area (Å²) >= 11 is 0. The summed E-state index contributed by atoms with van der Waals surface area (Å²) in [5.74, 6) is 0. The van der Waals surface area contributed by atoms with Crippen molar-refractivity contribution in [2.45, 2.75) is 9.92 Å². The van der Waals surface area contributed by atoms with Crippen molar-refractivity contribution in [2.24, 2.45) is 10.3 Å². The maximum Gasteiger partial charge on any atom is 0.255 e. The zero-order valence-corrected chi connectivity index (χ0v) is 11.8. The highest BCUT2D eigenvalue weighted by molar-refractivity contribution is 7.89.